The lowest BCUT2D eigenvalue weighted by Gasteiger charge is -2.28. The zero-order valence-corrected chi connectivity index (χ0v) is 13.1. The minimum absolute atomic E-state index is 0.114. The van der Waals surface area contributed by atoms with Crippen molar-refractivity contribution in [2.45, 2.75) is 33.7 Å². The average Bonchev–Trinajstić information content (AvgIpc) is 2.76. The second-order valence-electron chi connectivity index (χ2n) is 5.91. The van der Waals surface area contributed by atoms with Gasteiger partial charge in [-0.15, -0.1) is 0 Å². The molecule has 0 saturated heterocycles. The first-order chi connectivity index (χ1) is 9.97. The van der Waals surface area contributed by atoms with Gasteiger partial charge in [0.05, 0.1) is 17.9 Å². The predicted molar refractivity (Wildman–Crippen MR) is 82.3 cm³/mol. The van der Waals surface area contributed by atoms with Crippen LogP contribution >= 0.6 is 0 Å². The second kappa shape index (κ2) is 5.02. The Balaban J connectivity index is 1.87. The Labute approximate surface area is 125 Å². The predicted octanol–water partition coefficient (Wildman–Crippen LogP) is 2.54. The third-order valence-electron chi connectivity index (χ3n) is 4.49. The summed E-state index contributed by atoms with van der Waals surface area (Å²) in [7, 11) is 1.95. The molecular formula is C17H21N3O. The summed E-state index contributed by atoms with van der Waals surface area (Å²) < 4.78 is 1.91. The first-order valence-corrected chi connectivity index (χ1v) is 7.35. The fourth-order valence-electron chi connectivity index (χ4n) is 3.01. The van der Waals surface area contributed by atoms with Gasteiger partial charge < -0.3 is 4.90 Å². The van der Waals surface area contributed by atoms with Crippen molar-refractivity contribution in [3.05, 3.63) is 51.8 Å². The van der Waals surface area contributed by atoms with Crippen molar-refractivity contribution in [3.8, 4) is 0 Å². The van der Waals surface area contributed by atoms with Gasteiger partial charge in [0.2, 0.25) is 0 Å². The van der Waals surface area contributed by atoms with Crippen molar-refractivity contribution in [2.24, 2.45) is 7.05 Å². The Bertz CT molecular complexity index is 715. The van der Waals surface area contributed by atoms with Crippen LogP contribution in [0.3, 0.4) is 0 Å². The molecule has 0 N–H and O–H groups in total. The maximum atomic E-state index is 12.7. The van der Waals surface area contributed by atoms with Crippen molar-refractivity contribution in [2.75, 3.05) is 6.54 Å². The molecule has 0 aliphatic carbocycles. The van der Waals surface area contributed by atoms with Crippen molar-refractivity contribution in [1.82, 2.24) is 14.7 Å². The molecule has 0 fully saturated rings. The van der Waals surface area contributed by atoms with Crippen LogP contribution in [0.4, 0.5) is 0 Å². The lowest BCUT2D eigenvalue weighted by atomic mass is 10.0. The van der Waals surface area contributed by atoms with Gasteiger partial charge in [-0.1, -0.05) is 6.07 Å². The fourth-order valence-corrected chi connectivity index (χ4v) is 3.01. The molecule has 0 spiro atoms. The minimum atomic E-state index is 0.114. The lowest BCUT2D eigenvalue weighted by Crippen LogP contribution is -2.36. The standard InChI is InChI=1S/C17H21N3O/c1-11-5-6-14(9-12(11)2)17(21)20-8-7-15-13(3)18-19(4)16(15)10-20/h5-6,9H,7-8,10H2,1-4H3. The largest absolute Gasteiger partial charge is 0.332 e. The maximum absolute atomic E-state index is 12.7. The number of carbonyl (C=O) groups excluding carboxylic acids is 1. The minimum Gasteiger partial charge on any atom is -0.332 e. The number of hydrogen-bond donors (Lipinski definition) is 0. The fraction of sp³-hybridized carbons (Fsp3) is 0.412. The molecule has 110 valence electrons. The molecule has 4 heteroatoms. The van der Waals surface area contributed by atoms with Crippen LogP contribution in [0.25, 0.3) is 0 Å². The van der Waals surface area contributed by atoms with E-state index in [4.69, 9.17) is 0 Å². The highest BCUT2D eigenvalue weighted by atomic mass is 16.2. The van der Waals surface area contributed by atoms with E-state index in [2.05, 4.69) is 12.0 Å². The molecule has 1 aromatic carbocycles. The summed E-state index contributed by atoms with van der Waals surface area (Å²) in [5.74, 6) is 0.114. The lowest BCUT2D eigenvalue weighted by molar-refractivity contribution is 0.0730. The molecule has 0 bridgehead atoms. The maximum Gasteiger partial charge on any atom is 0.254 e. The van der Waals surface area contributed by atoms with Crippen LogP contribution in [0.2, 0.25) is 0 Å². The van der Waals surface area contributed by atoms with E-state index in [0.717, 1.165) is 35.5 Å². The van der Waals surface area contributed by atoms with Gasteiger partial charge in [-0.25, -0.2) is 0 Å². The average molecular weight is 283 g/mol. The summed E-state index contributed by atoms with van der Waals surface area (Å²) in [4.78, 5) is 14.6. The molecule has 4 nitrogen and oxygen atoms in total. The molecular weight excluding hydrogens is 262 g/mol. The monoisotopic (exact) mass is 283 g/mol. The van der Waals surface area contributed by atoms with Crippen molar-refractivity contribution >= 4 is 5.91 Å². The van der Waals surface area contributed by atoms with Crippen molar-refractivity contribution < 1.29 is 4.79 Å². The van der Waals surface area contributed by atoms with Crippen molar-refractivity contribution in [1.29, 1.82) is 0 Å². The summed E-state index contributed by atoms with van der Waals surface area (Å²) in [6, 6.07) is 5.93. The highest BCUT2D eigenvalue weighted by Crippen LogP contribution is 2.23. The second-order valence-corrected chi connectivity index (χ2v) is 5.91. The third kappa shape index (κ3) is 2.35. The quantitative estimate of drug-likeness (QED) is 0.806. The number of aryl methyl sites for hydroxylation is 4. The zero-order chi connectivity index (χ0) is 15.1. The molecule has 2 heterocycles. The van der Waals surface area contributed by atoms with Crippen LogP contribution < -0.4 is 0 Å². The van der Waals surface area contributed by atoms with Gasteiger partial charge in [0.15, 0.2) is 0 Å². The van der Waals surface area contributed by atoms with Gasteiger partial charge in [0, 0.05) is 19.2 Å². The van der Waals surface area contributed by atoms with Gasteiger partial charge in [-0.2, -0.15) is 5.10 Å². The van der Waals surface area contributed by atoms with Crippen molar-refractivity contribution in [3.63, 3.8) is 0 Å². The summed E-state index contributed by atoms with van der Waals surface area (Å²) in [5, 5.41) is 4.46. The van der Waals surface area contributed by atoms with E-state index >= 15 is 0 Å². The number of fused-ring (bicyclic) bond motifs is 1. The summed E-state index contributed by atoms with van der Waals surface area (Å²) >= 11 is 0. The van der Waals surface area contributed by atoms with Gasteiger partial charge >= 0.3 is 0 Å². The zero-order valence-electron chi connectivity index (χ0n) is 13.1. The molecule has 0 radical (unpaired) electrons. The van der Waals surface area contributed by atoms with Crippen LogP contribution in [-0.4, -0.2) is 27.1 Å². The van der Waals surface area contributed by atoms with Crippen LogP contribution in [0.1, 0.15) is 38.4 Å². The summed E-state index contributed by atoms with van der Waals surface area (Å²) in [6.45, 7) is 7.57. The van der Waals surface area contributed by atoms with E-state index in [1.165, 1.54) is 11.1 Å². The Hall–Kier alpha value is -2.10. The van der Waals surface area contributed by atoms with Gasteiger partial charge in [0.1, 0.15) is 0 Å². The Morgan fingerprint density at radius 3 is 2.67 bits per heavy atom. The van der Waals surface area contributed by atoms with Crippen LogP contribution in [-0.2, 0) is 20.0 Å². The number of aromatic nitrogens is 2. The highest BCUT2D eigenvalue weighted by molar-refractivity contribution is 5.94. The molecule has 1 aromatic heterocycles. The molecule has 1 amide bonds. The van der Waals surface area contributed by atoms with E-state index < -0.39 is 0 Å². The molecule has 21 heavy (non-hydrogen) atoms. The highest BCUT2D eigenvalue weighted by Gasteiger charge is 2.25. The van der Waals surface area contributed by atoms with Crippen LogP contribution in [0.5, 0.6) is 0 Å². The molecule has 2 aromatic rings. The summed E-state index contributed by atoms with van der Waals surface area (Å²) in [5.41, 5.74) is 6.72. The first-order valence-electron chi connectivity index (χ1n) is 7.35. The number of rotatable bonds is 1. The van der Waals surface area contributed by atoms with E-state index in [0.29, 0.717) is 6.54 Å². The van der Waals surface area contributed by atoms with E-state index in [1.54, 1.807) is 0 Å². The van der Waals surface area contributed by atoms with E-state index in [9.17, 15) is 4.79 Å². The topological polar surface area (TPSA) is 38.1 Å². The first kappa shape index (κ1) is 13.9. The Morgan fingerprint density at radius 2 is 1.95 bits per heavy atom. The number of hydrogen-bond acceptors (Lipinski definition) is 2. The van der Waals surface area contributed by atoms with Gasteiger partial charge in [-0.05, 0) is 56.0 Å². The number of nitrogens with zero attached hydrogens (tertiary/aromatic N) is 3. The number of carbonyl (C=O) groups is 1. The van der Waals surface area contributed by atoms with Crippen LogP contribution in [0, 0.1) is 20.8 Å². The Kier molecular flexibility index (Phi) is 3.32. The molecule has 0 unspecified atom stereocenters. The SMILES string of the molecule is Cc1ccc(C(=O)N2CCc3c(C)nn(C)c3C2)cc1C. The number of amides is 1. The Morgan fingerprint density at radius 1 is 1.19 bits per heavy atom. The normalized spacial score (nSPS) is 14.2. The van der Waals surface area contributed by atoms with Gasteiger partial charge in [0.25, 0.3) is 5.91 Å². The van der Waals surface area contributed by atoms with Gasteiger partial charge in [-0.3, -0.25) is 9.48 Å². The van der Waals surface area contributed by atoms with Crippen LogP contribution in [0.15, 0.2) is 18.2 Å². The molecule has 1 aliphatic heterocycles. The smallest absolute Gasteiger partial charge is 0.254 e. The molecule has 0 saturated carbocycles. The molecule has 3 rings (SSSR count). The molecule has 0 atom stereocenters. The van der Waals surface area contributed by atoms with E-state index in [-0.39, 0.29) is 5.91 Å². The molecule has 1 aliphatic rings. The summed E-state index contributed by atoms with van der Waals surface area (Å²) in [6.07, 6.45) is 0.894. The third-order valence-corrected chi connectivity index (χ3v) is 4.49. The van der Waals surface area contributed by atoms with E-state index in [1.807, 2.05) is 48.7 Å². The number of benzene rings is 1.